The number of nitrogens with one attached hydrogen (secondary N) is 2. The Hall–Kier alpha value is -2.07. The molecular formula is C17H25N5O. The van der Waals surface area contributed by atoms with Crippen LogP contribution in [0, 0.1) is 18.8 Å². The second-order valence-corrected chi connectivity index (χ2v) is 5.57. The van der Waals surface area contributed by atoms with Gasteiger partial charge in [0.25, 0.3) is 0 Å². The molecule has 1 aliphatic heterocycles. The van der Waals surface area contributed by atoms with Crippen molar-refractivity contribution in [2.24, 2.45) is 11.6 Å². The van der Waals surface area contributed by atoms with Crippen LogP contribution in [0.15, 0.2) is 18.5 Å². The van der Waals surface area contributed by atoms with Gasteiger partial charge in [-0.1, -0.05) is 11.8 Å². The molecule has 0 spiro atoms. The Bertz CT molecular complexity index is 597. The minimum atomic E-state index is 0.274. The summed E-state index contributed by atoms with van der Waals surface area (Å²) >= 11 is 0. The van der Waals surface area contributed by atoms with Gasteiger partial charge in [-0.2, -0.15) is 0 Å². The number of nitrogens with zero attached hydrogens (tertiary/aromatic N) is 1. The lowest BCUT2D eigenvalue weighted by molar-refractivity contribution is 0.0188. The van der Waals surface area contributed by atoms with Crippen LogP contribution in [0.3, 0.4) is 0 Å². The van der Waals surface area contributed by atoms with Crippen molar-refractivity contribution in [3.63, 3.8) is 0 Å². The highest BCUT2D eigenvalue weighted by molar-refractivity contribution is 5.62. The van der Waals surface area contributed by atoms with Gasteiger partial charge in [-0.25, -0.2) is 5.43 Å². The molecular weight excluding hydrogens is 290 g/mol. The summed E-state index contributed by atoms with van der Waals surface area (Å²) < 4.78 is 5.67. The fraction of sp³-hybridized carbons (Fsp3) is 0.471. The van der Waals surface area contributed by atoms with Crippen molar-refractivity contribution in [2.75, 3.05) is 19.7 Å². The van der Waals surface area contributed by atoms with Gasteiger partial charge in [0.2, 0.25) is 0 Å². The van der Waals surface area contributed by atoms with Gasteiger partial charge in [0.1, 0.15) is 0 Å². The molecule has 1 aromatic heterocycles. The molecule has 6 heteroatoms. The summed E-state index contributed by atoms with van der Waals surface area (Å²) in [5, 5.41) is 3.23. The van der Waals surface area contributed by atoms with Crippen LogP contribution in [0.5, 0.6) is 0 Å². The summed E-state index contributed by atoms with van der Waals surface area (Å²) in [7, 11) is 0. The minimum Gasteiger partial charge on any atom is -0.396 e. The lowest BCUT2D eigenvalue weighted by Gasteiger charge is -2.22. The molecule has 0 radical (unpaired) electrons. The number of ether oxygens (including phenoxy) is 1. The van der Waals surface area contributed by atoms with E-state index in [4.69, 9.17) is 16.3 Å². The van der Waals surface area contributed by atoms with E-state index in [1.807, 2.05) is 13.0 Å². The highest BCUT2D eigenvalue weighted by Gasteiger charge is 2.12. The van der Waals surface area contributed by atoms with Crippen LogP contribution in [0.25, 0.3) is 5.70 Å². The maximum absolute atomic E-state index is 6.12. The van der Waals surface area contributed by atoms with Gasteiger partial charge in [-0.3, -0.25) is 10.8 Å². The first-order valence-corrected chi connectivity index (χ1v) is 7.90. The number of pyridine rings is 1. The van der Waals surface area contributed by atoms with Crippen molar-refractivity contribution < 1.29 is 4.74 Å². The third kappa shape index (κ3) is 5.57. The molecule has 6 nitrogen and oxygen atoms in total. The van der Waals surface area contributed by atoms with Crippen molar-refractivity contribution in [3.05, 3.63) is 35.3 Å². The molecule has 2 rings (SSSR count). The summed E-state index contributed by atoms with van der Waals surface area (Å²) in [5.74, 6) is 11.1. The van der Waals surface area contributed by atoms with E-state index in [-0.39, 0.29) is 6.10 Å². The molecule has 1 atom stereocenters. The fourth-order valence-corrected chi connectivity index (χ4v) is 2.48. The zero-order chi connectivity index (χ0) is 16.5. The predicted molar refractivity (Wildman–Crippen MR) is 91.8 cm³/mol. The summed E-state index contributed by atoms with van der Waals surface area (Å²) in [6.45, 7) is 4.04. The van der Waals surface area contributed by atoms with Crippen molar-refractivity contribution in [2.45, 2.75) is 32.3 Å². The van der Waals surface area contributed by atoms with Crippen LogP contribution in [-0.4, -0.2) is 30.8 Å². The average Bonchev–Trinajstić information content (AvgIpc) is 2.56. The molecule has 1 aliphatic rings. The smallest absolute Gasteiger partial charge is 0.0903 e. The van der Waals surface area contributed by atoms with Gasteiger partial charge in [0.05, 0.1) is 24.0 Å². The fourth-order valence-electron chi connectivity index (χ4n) is 2.48. The number of aryl methyl sites for hydroxylation is 1. The molecule has 1 unspecified atom stereocenters. The van der Waals surface area contributed by atoms with Crippen LogP contribution in [0.2, 0.25) is 0 Å². The zero-order valence-electron chi connectivity index (χ0n) is 13.6. The van der Waals surface area contributed by atoms with Gasteiger partial charge in [-0.05, 0) is 37.8 Å². The molecule has 0 bridgehead atoms. The van der Waals surface area contributed by atoms with E-state index >= 15 is 0 Å². The van der Waals surface area contributed by atoms with Crippen LogP contribution in [0.4, 0.5) is 0 Å². The predicted octanol–water partition coefficient (Wildman–Crippen LogP) is 0.621. The summed E-state index contributed by atoms with van der Waals surface area (Å²) in [4.78, 5) is 4.40. The van der Waals surface area contributed by atoms with Gasteiger partial charge < -0.3 is 15.8 Å². The molecule has 2 heterocycles. The monoisotopic (exact) mass is 315 g/mol. The maximum atomic E-state index is 6.12. The molecule has 124 valence electrons. The first-order chi connectivity index (χ1) is 11.2. The number of rotatable bonds is 5. The quantitative estimate of drug-likeness (QED) is 0.361. The van der Waals surface area contributed by atoms with Gasteiger partial charge in [0.15, 0.2) is 0 Å². The highest BCUT2D eigenvalue weighted by atomic mass is 16.5. The third-order valence-corrected chi connectivity index (χ3v) is 3.65. The highest BCUT2D eigenvalue weighted by Crippen LogP contribution is 2.14. The first kappa shape index (κ1) is 17.3. The van der Waals surface area contributed by atoms with Gasteiger partial charge in [0, 0.05) is 31.1 Å². The number of hydrazine groups is 1. The minimum absolute atomic E-state index is 0.274. The molecule has 0 aromatic carbocycles. The number of nitrogens with two attached hydrogens (primary N) is 2. The molecule has 1 aromatic rings. The Balaban J connectivity index is 1.94. The Morgan fingerprint density at radius 3 is 3.09 bits per heavy atom. The van der Waals surface area contributed by atoms with Crippen molar-refractivity contribution in [1.82, 2.24) is 15.7 Å². The molecule has 0 amide bonds. The summed E-state index contributed by atoms with van der Waals surface area (Å²) in [6, 6.07) is 1.97. The lowest BCUT2D eigenvalue weighted by Crippen LogP contribution is -2.29. The van der Waals surface area contributed by atoms with E-state index < -0.39 is 0 Å². The second kappa shape index (κ2) is 9.16. The molecule has 1 fully saturated rings. The first-order valence-electron chi connectivity index (χ1n) is 7.90. The van der Waals surface area contributed by atoms with Gasteiger partial charge in [-0.15, -0.1) is 0 Å². The summed E-state index contributed by atoms with van der Waals surface area (Å²) in [6.07, 6.45) is 7.29. The number of hydrogen-bond acceptors (Lipinski definition) is 6. The van der Waals surface area contributed by atoms with Crippen molar-refractivity contribution in [3.8, 4) is 11.8 Å². The van der Waals surface area contributed by atoms with Crippen molar-refractivity contribution in [1.29, 1.82) is 0 Å². The van der Waals surface area contributed by atoms with Gasteiger partial charge >= 0.3 is 0 Å². The van der Waals surface area contributed by atoms with E-state index in [2.05, 4.69) is 27.6 Å². The number of hydrogen-bond donors (Lipinski definition) is 4. The van der Waals surface area contributed by atoms with E-state index in [1.165, 1.54) is 6.42 Å². The van der Waals surface area contributed by atoms with Crippen LogP contribution in [-0.2, 0) is 4.74 Å². The van der Waals surface area contributed by atoms with Crippen LogP contribution >= 0.6 is 0 Å². The SMILES string of the molecule is Cc1cc(C#CCNN)cnc1/C(N)=C/NCC1CCCCO1. The van der Waals surface area contributed by atoms with E-state index in [0.29, 0.717) is 12.2 Å². The van der Waals surface area contributed by atoms with E-state index in [0.717, 1.165) is 42.8 Å². The Morgan fingerprint density at radius 1 is 1.52 bits per heavy atom. The molecule has 0 saturated carbocycles. The summed E-state index contributed by atoms with van der Waals surface area (Å²) in [5.41, 5.74) is 11.8. The Kier molecular flexibility index (Phi) is 6.88. The maximum Gasteiger partial charge on any atom is 0.0903 e. The molecule has 1 saturated heterocycles. The Labute approximate surface area is 137 Å². The third-order valence-electron chi connectivity index (χ3n) is 3.65. The second-order valence-electron chi connectivity index (χ2n) is 5.57. The standard InChI is InChI=1S/C17H25N5O/c1-13-9-14(5-4-7-22-19)10-21-17(13)16(18)12-20-11-15-6-2-3-8-23-15/h9-10,12,15,20,22H,2-3,6-8,11,18-19H2,1H3/b16-12-. The molecule has 0 aliphatic carbocycles. The largest absolute Gasteiger partial charge is 0.396 e. The van der Waals surface area contributed by atoms with Crippen LogP contribution in [0.1, 0.15) is 36.1 Å². The topological polar surface area (TPSA) is 98.2 Å². The molecule has 23 heavy (non-hydrogen) atoms. The Morgan fingerprint density at radius 2 is 2.39 bits per heavy atom. The van der Waals surface area contributed by atoms with Crippen LogP contribution < -0.4 is 22.3 Å². The average molecular weight is 315 g/mol. The number of aromatic nitrogens is 1. The van der Waals surface area contributed by atoms with Crippen molar-refractivity contribution >= 4 is 5.70 Å². The van der Waals surface area contributed by atoms with E-state index in [9.17, 15) is 0 Å². The normalized spacial score (nSPS) is 18.2. The van der Waals surface area contributed by atoms with E-state index in [1.54, 1.807) is 12.4 Å². The molecule has 6 N–H and O–H groups in total. The lowest BCUT2D eigenvalue weighted by atomic mass is 10.1. The zero-order valence-corrected chi connectivity index (χ0v) is 13.6.